The zero-order chi connectivity index (χ0) is 39.3. The maximum atomic E-state index is 13.8. The van der Waals surface area contributed by atoms with Crippen molar-refractivity contribution in [3.05, 3.63) is 0 Å². The number of ether oxygens (including phenoxy) is 1. The Labute approximate surface area is 315 Å². The highest BCUT2D eigenvalue weighted by atomic mass is 16.5. The molecule has 0 radical (unpaired) electrons. The lowest BCUT2D eigenvalue weighted by Crippen LogP contribution is -2.71. The van der Waals surface area contributed by atoms with Crippen LogP contribution in [0.4, 0.5) is 0 Å². The zero-order valence-electron chi connectivity index (χ0n) is 33.5. The summed E-state index contributed by atoms with van der Waals surface area (Å²) in [6.45, 7) is 7.30. The van der Waals surface area contributed by atoms with E-state index in [0.717, 1.165) is 116 Å². The third-order valence-electron chi connectivity index (χ3n) is 10.4. The summed E-state index contributed by atoms with van der Waals surface area (Å²) in [7, 11) is 0. The highest BCUT2D eigenvalue weighted by Crippen LogP contribution is 2.33. The lowest BCUT2D eigenvalue weighted by molar-refractivity contribution is -0.227. The van der Waals surface area contributed by atoms with E-state index in [9.17, 15) is 44.7 Å². The molecule has 0 rings (SSSR count). The summed E-state index contributed by atoms with van der Waals surface area (Å²) in [5.74, 6) is -3.62. The predicted molar refractivity (Wildman–Crippen MR) is 206 cm³/mol. The molecule has 0 aromatic rings. The molecule has 10 heteroatoms. The lowest BCUT2D eigenvalue weighted by Gasteiger charge is -2.43. The Morgan fingerprint density at radius 2 is 0.827 bits per heavy atom. The summed E-state index contributed by atoms with van der Waals surface area (Å²) in [4.78, 5) is 53.3. The normalized spacial score (nSPS) is 15.7. The van der Waals surface area contributed by atoms with Gasteiger partial charge >= 0.3 is 5.97 Å². The Kier molecular flexibility index (Phi) is 29.6. The van der Waals surface area contributed by atoms with Gasteiger partial charge in [-0.2, -0.15) is 0 Å². The lowest BCUT2D eigenvalue weighted by atomic mass is 9.72. The third kappa shape index (κ3) is 19.6. The first-order valence-corrected chi connectivity index (χ1v) is 21.1. The molecule has 5 unspecified atom stereocenters. The topological polar surface area (TPSA) is 179 Å². The summed E-state index contributed by atoms with van der Waals surface area (Å²) >= 11 is 0. The van der Waals surface area contributed by atoms with Crippen LogP contribution in [-0.4, -0.2) is 85.0 Å². The molecule has 5 atom stereocenters. The first-order chi connectivity index (χ1) is 24.9. The van der Waals surface area contributed by atoms with E-state index < -0.39 is 59.4 Å². The Morgan fingerprint density at radius 3 is 1.25 bits per heavy atom. The molecule has 0 bridgehead atoms. The quantitative estimate of drug-likeness (QED) is 0.0312. The van der Waals surface area contributed by atoms with Crippen molar-refractivity contribution in [1.82, 2.24) is 0 Å². The summed E-state index contributed by atoms with van der Waals surface area (Å²) in [5.41, 5.74) is -6.30. The molecular weight excluding hydrogens is 664 g/mol. The number of ketones is 3. The molecule has 52 heavy (non-hydrogen) atoms. The first-order valence-electron chi connectivity index (χ1n) is 21.1. The number of aliphatic hydroxyl groups is 5. The zero-order valence-corrected chi connectivity index (χ0v) is 33.5. The van der Waals surface area contributed by atoms with Crippen LogP contribution in [0.2, 0.25) is 0 Å². The molecule has 0 aliphatic rings. The average Bonchev–Trinajstić information content (AvgIpc) is 3.14. The number of carbonyl (C=O) groups excluding carboxylic acids is 4. The van der Waals surface area contributed by atoms with Crippen molar-refractivity contribution in [2.75, 3.05) is 6.61 Å². The largest absolute Gasteiger partial charge is 0.462 e. The van der Waals surface area contributed by atoms with Crippen LogP contribution in [0.15, 0.2) is 0 Å². The van der Waals surface area contributed by atoms with Crippen molar-refractivity contribution in [3.8, 4) is 0 Å². The van der Waals surface area contributed by atoms with Crippen LogP contribution in [-0.2, 0) is 23.9 Å². The van der Waals surface area contributed by atoms with Crippen molar-refractivity contribution >= 4 is 23.3 Å². The molecule has 0 aromatic heterocycles. The van der Waals surface area contributed by atoms with Crippen molar-refractivity contribution < 1.29 is 49.4 Å². The second-order valence-corrected chi connectivity index (χ2v) is 15.1. The third-order valence-corrected chi connectivity index (χ3v) is 10.4. The molecule has 5 N–H and O–H groups in total. The Hall–Kier alpha value is -1.72. The number of rotatable bonds is 37. The van der Waals surface area contributed by atoms with Gasteiger partial charge in [-0.3, -0.25) is 19.2 Å². The van der Waals surface area contributed by atoms with Gasteiger partial charge < -0.3 is 30.3 Å². The van der Waals surface area contributed by atoms with Crippen LogP contribution < -0.4 is 0 Å². The molecule has 10 nitrogen and oxygen atoms in total. The predicted octanol–water partition coefficient (Wildman–Crippen LogP) is 7.78. The van der Waals surface area contributed by atoms with Crippen LogP contribution in [0.25, 0.3) is 0 Å². The van der Waals surface area contributed by atoms with E-state index in [4.69, 9.17) is 4.74 Å². The van der Waals surface area contributed by atoms with Gasteiger partial charge in [0.05, 0.1) is 0 Å². The Bertz CT molecular complexity index is 955. The second-order valence-electron chi connectivity index (χ2n) is 15.1. The summed E-state index contributed by atoms with van der Waals surface area (Å²) in [6.07, 6.45) is 12.1. The van der Waals surface area contributed by atoms with E-state index in [0.29, 0.717) is 32.1 Å². The summed E-state index contributed by atoms with van der Waals surface area (Å²) in [6, 6.07) is 0. The number of hydrogen-bond donors (Lipinski definition) is 5. The molecule has 0 heterocycles. The molecule has 0 saturated heterocycles. The molecule has 0 amide bonds. The maximum absolute atomic E-state index is 13.8. The average molecular weight is 743 g/mol. The van der Waals surface area contributed by atoms with Crippen LogP contribution in [0.1, 0.15) is 207 Å². The molecule has 0 aromatic carbocycles. The SMILES string of the molecule is CCCCCCCCC(=O)OCC(O)(C(=O)CCCCCCCC)C(O)C(O)(C(=O)CCCCCCCC)C(O)C(O)C(=O)CCCCCCCC. The van der Waals surface area contributed by atoms with Crippen molar-refractivity contribution in [2.45, 2.75) is 237 Å². The second kappa shape index (κ2) is 30.6. The highest BCUT2D eigenvalue weighted by Gasteiger charge is 2.61. The number of unbranched alkanes of at least 4 members (excludes halogenated alkanes) is 20. The van der Waals surface area contributed by atoms with Gasteiger partial charge in [-0.25, -0.2) is 0 Å². The first kappa shape index (κ1) is 50.3. The smallest absolute Gasteiger partial charge is 0.305 e. The number of esters is 1. The fraction of sp³-hybridized carbons (Fsp3) is 0.905. The van der Waals surface area contributed by atoms with Crippen molar-refractivity contribution in [2.24, 2.45) is 0 Å². The molecule has 0 fully saturated rings. The van der Waals surface area contributed by atoms with Crippen molar-refractivity contribution in [3.63, 3.8) is 0 Å². The number of hydrogen-bond acceptors (Lipinski definition) is 10. The van der Waals surface area contributed by atoms with Gasteiger partial charge in [0.1, 0.15) is 24.9 Å². The molecule has 0 saturated carbocycles. The number of carbonyl (C=O) groups is 4. The van der Waals surface area contributed by atoms with Gasteiger partial charge in [-0.15, -0.1) is 0 Å². The van der Waals surface area contributed by atoms with Crippen LogP contribution in [0.3, 0.4) is 0 Å². The Balaban J connectivity index is 6.26. The van der Waals surface area contributed by atoms with Crippen LogP contribution >= 0.6 is 0 Å². The minimum Gasteiger partial charge on any atom is -0.462 e. The fourth-order valence-electron chi connectivity index (χ4n) is 6.66. The monoisotopic (exact) mass is 743 g/mol. The minimum absolute atomic E-state index is 0.0133. The fourth-order valence-corrected chi connectivity index (χ4v) is 6.66. The van der Waals surface area contributed by atoms with Crippen LogP contribution in [0.5, 0.6) is 0 Å². The van der Waals surface area contributed by atoms with E-state index in [1.807, 2.05) is 0 Å². The molecule has 0 aliphatic carbocycles. The van der Waals surface area contributed by atoms with E-state index in [2.05, 4.69) is 27.7 Å². The highest BCUT2D eigenvalue weighted by molar-refractivity contribution is 5.94. The molecular formula is C42H78O10. The van der Waals surface area contributed by atoms with E-state index in [1.54, 1.807) is 0 Å². The van der Waals surface area contributed by atoms with Crippen molar-refractivity contribution in [1.29, 1.82) is 0 Å². The standard InChI is InChI=1S/C42H78O10/c1-5-9-13-17-21-25-29-34(43)38(47)39(48)42(51,36(45)31-27-23-19-15-11-7-3)40(49)41(50,35(44)30-26-22-18-14-10-6-2)33-52-37(46)32-28-24-20-16-12-8-4/h38-40,47-51H,5-33H2,1-4H3. The molecule has 306 valence electrons. The summed E-state index contributed by atoms with van der Waals surface area (Å²) in [5, 5.41) is 58.0. The Morgan fingerprint density at radius 1 is 0.481 bits per heavy atom. The molecule has 0 aliphatic heterocycles. The van der Waals surface area contributed by atoms with Crippen LogP contribution in [0, 0.1) is 0 Å². The van der Waals surface area contributed by atoms with Gasteiger partial charge in [-0.1, -0.05) is 156 Å². The number of Topliss-reactive ketones (excluding diaryl/α,β-unsaturated/α-hetero) is 3. The molecule has 0 spiro atoms. The minimum atomic E-state index is -3.31. The van der Waals surface area contributed by atoms with Gasteiger partial charge in [0, 0.05) is 25.7 Å². The summed E-state index contributed by atoms with van der Waals surface area (Å²) < 4.78 is 5.33. The van der Waals surface area contributed by atoms with Gasteiger partial charge in [-0.05, 0) is 25.7 Å². The van der Waals surface area contributed by atoms with E-state index in [-0.39, 0.29) is 32.1 Å². The van der Waals surface area contributed by atoms with Gasteiger partial charge in [0.25, 0.3) is 0 Å². The van der Waals surface area contributed by atoms with E-state index >= 15 is 0 Å². The maximum Gasteiger partial charge on any atom is 0.305 e. The van der Waals surface area contributed by atoms with E-state index in [1.165, 1.54) is 0 Å². The van der Waals surface area contributed by atoms with Gasteiger partial charge in [0.15, 0.2) is 28.6 Å². The van der Waals surface area contributed by atoms with Gasteiger partial charge in [0.2, 0.25) is 0 Å². The number of aliphatic hydroxyl groups excluding tert-OH is 3.